The summed E-state index contributed by atoms with van der Waals surface area (Å²) in [6, 6.07) is 9.99. The Labute approximate surface area is 162 Å². The summed E-state index contributed by atoms with van der Waals surface area (Å²) < 4.78 is 1.81. The van der Waals surface area contributed by atoms with Crippen LogP contribution in [0.1, 0.15) is 36.7 Å². The Morgan fingerprint density at radius 3 is 2.89 bits per heavy atom. The molecule has 4 rings (SSSR count). The minimum Gasteiger partial charge on any atom is -0.333 e. The van der Waals surface area contributed by atoms with Crippen LogP contribution in [-0.4, -0.2) is 44.2 Å². The molecule has 0 spiro atoms. The maximum atomic E-state index is 13.0. The number of hydrogen-bond acceptors (Lipinski definition) is 5. The fraction of sp³-hybridized carbons (Fsp3) is 0.350. The number of thiazole rings is 1. The first-order valence-electron chi connectivity index (χ1n) is 9.26. The number of nitrogens with two attached hydrogens (primary N) is 1. The normalized spacial score (nSPS) is 18.4. The minimum absolute atomic E-state index is 0.0186. The molecule has 0 aliphatic carbocycles. The van der Waals surface area contributed by atoms with Crippen molar-refractivity contribution < 1.29 is 4.79 Å². The molecule has 6 nitrogen and oxygen atoms in total. The van der Waals surface area contributed by atoms with Gasteiger partial charge in [-0.05, 0) is 38.3 Å². The van der Waals surface area contributed by atoms with Crippen LogP contribution in [0.4, 0.5) is 0 Å². The Morgan fingerprint density at radius 1 is 1.30 bits per heavy atom. The quantitative estimate of drug-likeness (QED) is 0.752. The van der Waals surface area contributed by atoms with Gasteiger partial charge in [0.15, 0.2) is 0 Å². The van der Waals surface area contributed by atoms with Gasteiger partial charge in [-0.3, -0.25) is 4.79 Å². The van der Waals surface area contributed by atoms with Gasteiger partial charge in [0, 0.05) is 35.8 Å². The molecule has 27 heavy (non-hydrogen) atoms. The third-order valence-corrected chi connectivity index (χ3v) is 5.88. The van der Waals surface area contributed by atoms with Gasteiger partial charge in [-0.15, -0.1) is 11.3 Å². The first-order valence-corrected chi connectivity index (χ1v) is 10.1. The number of para-hydroxylation sites is 1. The number of hydrogen-bond donors (Lipinski definition) is 1. The molecule has 1 aromatic carbocycles. The van der Waals surface area contributed by atoms with Crippen molar-refractivity contribution >= 4 is 17.2 Å². The number of carbonyl (C=O) groups excluding carboxylic acids is 1. The number of rotatable bonds is 4. The predicted octanol–water partition coefficient (Wildman–Crippen LogP) is 3.34. The van der Waals surface area contributed by atoms with Crippen LogP contribution in [0.2, 0.25) is 0 Å². The molecule has 0 saturated carbocycles. The average molecular weight is 382 g/mol. The van der Waals surface area contributed by atoms with E-state index in [4.69, 9.17) is 5.73 Å². The van der Waals surface area contributed by atoms with Crippen LogP contribution >= 0.6 is 11.3 Å². The molecule has 3 aromatic rings. The maximum absolute atomic E-state index is 13.0. The summed E-state index contributed by atoms with van der Waals surface area (Å²) >= 11 is 1.47. The van der Waals surface area contributed by atoms with Gasteiger partial charge in [-0.1, -0.05) is 18.2 Å². The molecule has 140 valence electrons. The summed E-state index contributed by atoms with van der Waals surface area (Å²) in [6.45, 7) is 2.73. The summed E-state index contributed by atoms with van der Waals surface area (Å²) in [5, 5.41) is 7.05. The maximum Gasteiger partial charge on any atom is 0.273 e. The van der Waals surface area contributed by atoms with E-state index in [1.54, 1.807) is 6.20 Å². The number of benzene rings is 1. The molecule has 0 radical (unpaired) electrons. The van der Waals surface area contributed by atoms with E-state index in [0.29, 0.717) is 5.69 Å². The minimum atomic E-state index is -0.0311. The van der Waals surface area contributed by atoms with Crippen molar-refractivity contribution in [3.8, 4) is 16.3 Å². The average Bonchev–Trinajstić information content (AvgIpc) is 3.37. The number of carbonyl (C=O) groups is 1. The summed E-state index contributed by atoms with van der Waals surface area (Å²) in [4.78, 5) is 19.5. The van der Waals surface area contributed by atoms with E-state index in [9.17, 15) is 4.79 Å². The molecule has 1 aliphatic rings. The molecule has 1 amide bonds. The first-order chi connectivity index (χ1) is 13.1. The zero-order valence-electron chi connectivity index (χ0n) is 15.3. The second-order valence-corrected chi connectivity index (χ2v) is 7.83. The van der Waals surface area contributed by atoms with Gasteiger partial charge in [-0.2, -0.15) is 5.10 Å². The van der Waals surface area contributed by atoms with Crippen LogP contribution in [0.3, 0.4) is 0 Å². The van der Waals surface area contributed by atoms with Crippen molar-refractivity contribution in [1.29, 1.82) is 0 Å². The highest BCUT2D eigenvalue weighted by molar-refractivity contribution is 7.13. The van der Waals surface area contributed by atoms with Gasteiger partial charge >= 0.3 is 0 Å². The van der Waals surface area contributed by atoms with E-state index in [1.165, 1.54) is 11.3 Å². The van der Waals surface area contributed by atoms with E-state index >= 15 is 0 Å². The van der Waals surface area contributed by atoms with Crippen molar-refractivity contribution in [2.75, 3.05) is 6.54 Å². The Kier molecular flexibility index (Phi) is 5.05. The van der Waals surface area contributed by atoms with E-state index < -0.39 is 0 Å². The zero-order valence-corrected chi connectivity index (χ0v) is 16.1. The van der Waals surface area contributed by atoms with Gasteiger partial charge in [-0.25, -0.2) is 9.67 Å². The molecule has 2 unspecified atom stereocenters. The lowest BCUT2D eigenvalue weighted by Crippen LogP contribution is -2.51. The molecule has 2 aromatic heterocycles. The van der Waals surface area contributed by atoms with Crippen molar-refractivity contribution in [3.63, 3.8) is 0 Å². The van der Waals surface area contributed by atoms with E-state index in [2.05, 4.69) is 10.1 Å². The van der Waals surface area contributed by atoms with Crippen molar-refractivity contribution in [2.24, 2.45) is 5.73 Å². The first kappa shape index (κ1) is 17.9. The SMILES string of the molecule is CC(N)C1CCCCN1C(=O)c1csc(-c2cnn(-c3ccccc3)c2)n1. The van der Waals surface area contributed by atoms with Crippen LogP contribution in [0.15, 0.2) is 48.1 Å². The highest BCUT2D eigenvalue weighted by atomic mass is 32.1. The highest BCUT2D eigenvalue weighted by Gasteiger charge is 2.31. The van der Waals surface area contributed by atoms with Crippen LogP contribution in [-0.2, 0) is 0 Å². The Morgan fingerprint density at radius 2 is 2.11 bits per heavy atom. The summed E-state index contributed by atoms with van der Waals surface area (Å²) in [5.41, 5.74) is 8.50. The van der Waals surface area contributed by atoms with Crippen LogP contribution < -0.4 is 5.73 Å². The molecular weight excluding hydrogens is 358 g/mol. The fourth-order valence-corrected chi connectivity index (χ4v) is 4.33. The summed E-state index contributed by atoms with van der Waals surface area (Å²) in [6.07, 6.45) is 6.83. The number of aromatic nitrogens is 3. The molecule has 7 heteroatoms. The topological polar surface area (TPSA) is 77.0 Å². The molecule has 2 N–H and O–H groups in total. The number of piperidine rings is 1. The molecule has 1 fully saturated rings. The van der Waals surface area contributed by atoms with Gasteiger partial charge in [0.2, 0.25) is 0 Å². The number of amides is 1. The number of likely N-dealkylation sites (tertiary alicyclic amines) is 1. The second-order valence-electron chi connectivity index (χ2n) is 6.97. The molecule has 2 atom stereocenters. The van der Waals surface area contributed by atoms with E-state index in [0.717, 1.165) is 42.1 Å². The number of nitrogens with zero attached hydrogens (tertiary/aromatic N) is 4. The van der Waals surface area contributed by atoms with Crippen LogP contribution in [0.5, 0.6) is 0 Å². The van der Waals surface area contributed by atoms with Gasteiger partial charge in [0.25, 0.3) is 5.91 Å². The molecule has 1 aliphatic heterocycles. The van der Waals surface area contributed by atoms with E-state index in [-0.39, 0.29) is 18.0 Å². The van der Waals surface area contributed by atoms with Crippen molar-refractivity contribution in [3.05, 3.63) is 53.8 Å². The fourth-order valence-electron chi connectivity index (χ4n) is 3.56. The van der Waals surface area contributed by atoms with Gasteiger partial charge in [0.05, 0.1) is 11.9 Å². The second kappa shape index (κ2) is 7.62. The summed E-state index contributed by atoms with van der Waals surface area (Å²) in [5.74, 6) is -0.0186. The van der Waals surface area contributed by atoms with Crippen LogP contribution in [0, 0.1) is 0 Å². The smallest absolute Gasteiger partial charge is 0.273 e. The third kappa shape index (κ3) is 3.65. The van der Waals surface area contributed by atoms with Gasteiger partial charge < -0.3 is 10.6 Å². The van der Waals surface area contributed by atoms with E-state index in [1.807, 2.05) is 58.4 Å². The monoisotopic (exact) mass is 381 g/mol. The third-order valence-electron chi connectivity index (χ3n) is 4.99. The molecule has 0 bridgehead atoms. The lowest BCUT2D eigenvalue weighted by atomic mass is 9.96. The van der Waals surface area contributed by atoms with Crippen molar-refractivity contribution in [1.82, 2.24) is 19.7 Å². The molecule has 1 saturated heterocycles. The Balaban J connectivity index is 1.55. The molecule has 3 heterocycles. The van der Waals surface area contributed by atoms with Gasteiger partial charge in [0.1, 0.15) is 10.7 Å². The zero-order chi connectivity index (χ0) is 18.8. The lowest BCUT2D eigenvalue weighted by Gasteiger charge is -2.37. The Bertz CT molecular complexity index is 917. The van der Waals surface area contributed by atoms with Crippen molar-refractivity contribution in [2.45, 2.75) is 38.3 Å². The predicted molar refractivity (Wildman–Crippen MR) is 107 cm³/mol. The highest BCUT2D eigenvalue weighted by Crippen LogP contribution is 2.27. The lowest BCUT2D eigenvalue weighted by molar-refractivity contribution is 0.0578. The largest absolute Gasteiger partial charge is 0.333 e. The Hall–Kier alpha value is -2.51. The molecular formula is C20H23N5OS. The standard InChI is InChI=1S/C20H23N5OS/c1-14(21)18-9-5-6-10-24(18)20(26)17-13-27-19(23-17)15-11-22-25(12-15)16-7-3-2-4-8-16/h2-4,7-8,11-14,18H,5-6,9-10,21H2,1H3. The van der Waals surface area contributed by atoms with Crippen LogP contribution in [0.25, 0.3) is 16.3 Å². The summed E-state index contributed by atoms with van der Waals surface area (Å²) in [7, 11) is 0.